The number of benzene rings is 2. The highest BCUT2D eigenvalue weighted by Crippen LogP contribution is 2.29. The van der Waals surface area contributed by atoms with Crippen molar-refractivity contribution >= 4 is 11.6 Å². The van der Waals surface area contributed by atoms with E-state index in [1.807, 2.05) is 0 Å². The van der Waals surface area contributed by atoms with Crippen molar-refractivity contribution in [2.45, 2.75) is 0 Å². The van der Waals surface area contributed by atoms with Gasteiger partial charge >= 0.3 is 0 Å². The highest BCUT2D eigenvalue weighted by Gasteiger charge is 2.18. The van der Waals surface area contributed by atoms with Crippen LogP contribution in [0.3, 0.4) is 0 Å². The minimum absolute atomic E-state index is 0.0637. The molecule has 32 heavy (non-hydrogen) atoms. The maximum atomic E-state index is 14.4. The lowest BCUT2D eigenvalue weighted by molar-refractivity contribution is 0.102. The molecular weight excluding hydrogens is 421 g/mol. The average Bonchev–Trinajstić information content (AvgIpc) is 3.51. The van der Waals surface area contributed by atoms with E-state index < -0.39 is 11.7 Å². The zero-order valence-electron chi connectivity index (χ0n) is 16.9. The molecule has 2 heterocycles. The SMILES string of the molecule is COc1ccc(OCCO)cc1C(=O)Nc1cc(-c2nnc(-c3ccco3)o2)ccc1F. The third-order valence-corrected chi connectivity index (χ3v) is 4.39. The van der Waals surface area contributed by atoms with Crippen LogP contribution < -0.4 is 14.8 Å². The predicted molar refractivity (Wildman–Crippen MR) is 111 cm³/mol. The van der Waals surface area contributed by atoms with Gasteiger partial charge in [-0.1, -0.05) is 0 Å². The number of furan rings is 1. The number of hydrogen-bond donors (Lipinski definition) is 2. The van der Waals surface area contributed by atoms with E-state index in [9.17, 15) is 9.18 Å². The topological polar surface area (TPSA) is 120 Å². The van der Waals surface area contributed by atoms with Crippen molar-refractivity contribution < 1.29 is 32.6 Å². The molecule has 0 atom stereocenters. The minimum atomic E-state index is -0.653. The Morgan fingerprint density at radius 2 is 2.00 bits per heavy atom. The molecule has 0 aliphatic heterocycles. The Bertz CT molecular complexity index is 1220. The first-order valence-electron chi connectivity index (χ1n) is 9.49. The molecule has 2 N–H and O–H groups in total. The molecule has 10 heteroatoms. The number of aliphatic hydroxyl groups excluding tert-OH is 1. The molecule has 9 nitrogen and oxygen atoms in total. The summed E-state index contributed by atoms with van der Waals surface area (Å²) in [4.78, 5) is 12.9. The lowest BCUT2D eigenvalue weighted by atomic mass is 10.1. The normalized spacial score (nSPS) is 10.7. The van der Waals surface area contributed by atoms with E-state index in [0.717, 1.165) is 0 Å². The van der Waals surface area contributed by atoms with E-state index in [4.69, 9.17) is 23.4 Å². The molecule has 1 amide bonds. The fourth-order valence-electron chi connectivity index (χ4n) is 2.90. The van der Waals surface area contributed by atoms with Crippen molar-refractivity contribution in [3.63, 3.8) is 0 Å². The number of carbonyl (C=O) groups is 1. The van der Waals surface area contributed by atoms with Gasteiger partial charge in [0.2, 0.25) is 5.89 Å². The number of hydrogen-bond acceptors (Lipinski definition) is 8. The van der Waals surface area contributed by atoms with Gasteiger partial charge < -0.3 is 28.7 Å². The third kappa shape index (κ3) is 4.44. The molecule has 0 unspecified atom stereocenters. The number of anilines is 1. The van der Waals surface area contributed by atoms with Crippen molar-refractivity contribution in [3.05, 3.63) is 66.2 Å². The number of aliphatic hydroxyl groups is 1. The number of aromatic nitrogens is 2. The van der Waals surface area contributed by atoms with Gasteiger partial charge in [-0.25, -0.2) is 4.39 Å². The Morgan fingerprint density at radius 1 is 1.16 bits per heavy atom. The average molecular weight is 439 g/mol. The van der Waals surface area contributed by atoms with E-state index >= 15 is 0 Å². The van der Waals surface area contributed by atoms with Crippen molar-refractivity contribution in [3.8, 4) is 34.6 Å². The molecule has 0 aliphatic rings. The van der Waals surface area contributed by atoms with Crippen molar-refractivity contribution in [2.75, 3.05) is 25.6 Å². The third-order valence-electron chi connectivity index (χ3n) is 4.39. The summed E-state index contributed by atoms with van der Waals surface area (Å²) in [5.41, 5.74) is 0.443. The summed E-state index contributed by atoms with van der Waals surface area (Å²) in [5.74, 6) is 0.0580. The van der Waals surface area contributed by atoms with Gasteiger partial charge in [0.05, 0.1) is 31.2 Å². The molecule has 0 saturated carbocycles. The molecule has 4 rings (SSSR count). The molecule has 0 spiro atoms. The van der Waals surface area contributed by atoms with E-state index in [-0.39, 0.29) is 42.0 Å². The Hall–Kier alpha value is -4.18. The van der Waals surface area contributed by atoms with Gasteiger partial charge in [-0.15, -0.1) is 10.2 Å². The molecule has 4 aromatic rings. The van der Waals surface area contributed by atoms with Crippen LogP contribution in [0.15, 0.2) is 63.6 Å². The smallest absolute Gasteiger partial charge is 0.283 e. The second-order valence-electron chi connectivity index (χ2n) is 6.47. The van der Waals surface area contributed by atoms with Crippen LogP contribution in [0.1, 0.15) is 10.4 Å². The predicted octanol–water partition coefficient (Wildman–Crippen LogP) is 3.77. The van der Waals surface area contributed by atoms with Crippen LogP contribution in [0.5, 0.6) is 11.5 Å². The number of rotatable bonds is 8. The van der Waals surface area contributed by atoms with Gasteiger partial charge in [-0.2, -0.15) is 0 Å². The van der Waals surface area contributed by atoms with Crippen molar-refractivity contribution in [1.29, 1.82) is 0 Å². The van der Waals surface area contributed by atoms with Gasteiger partial charge in [0.1, 0.15) is 23.9 Å². The Morgan fingerprint density at radius 3 is 2.75 bits per heavy atom. The Kier molecular flexibility index (Phi) is 6.13. The number of ether oxygens (including phenoxy) is 2. The second-order valence-corrected chi connectivity index (χ2v) is 6.47. The van der Waals surface area contributed by atoms with E-state index in [1.54, 1.807) is 24.3 Å². The summed E-state index contributed by atoms with van der Waals surface area (Å²) in [5, 5.41) is 19.3. The van der Waals surface area contributed by atoms with Gasteiger partial charge in [-0.05, 0) is 48.5 Å². The van der Waals surface area contributed by atoms with Crippen LogP contribution in [0, 0.1) is 5.82 Å². The zero-order valence-corrected chi connectivity index (χ0v) is 16.9. The first-order chi connectivity index (χ1) is 15.6. The molecule has 0 fully saturated rings. The molecule has 2 aromatic heterocycles. The summed E-state index contributed by atoms with van der Waals surface area (Å²) in [6.45, 7) is -0.114. The van der Waals surface area contributed by atoms with Gasteiger partial charge in [-0.3, -0.25) is 4.79 Å². The summed E-state index contributed by atoms with van der Waals surface area (Å²) >= 11 is 0. The number of carbonyl (C=O) groups excluding carboxylic acids is 1. The number of nitrogens with one attached hydrogen (secondary N) is 1. The lowest BCUT2D eigenvalue weighted by Gasteiger charge is -2.12. The maximum Gasteiger partial charge on any atom is 0.283 e. The fourth-order valence-corrected chi connectivity index (χ4v) is 2.90. The molecule has 0 radical (unpaired) electrons. The highest BCUT2D eigenvalue weighted by atomic mass is 19.1. The second kappa shape index (κ2) is 9.31. The maximum absolute atomic E-state index is 14.4. The summed E-state index contributed by atoms with van der Waals surface area (Å²) < 4.78 is 35.8. The van der Waals surface area contributed by atoms with Crippen LogP contribution >= 0.6 is 0 Å². The quantitative estimate of drug-likeness (QED) is 0.426. The largest absolute Gasteiger partial charge is 0.496 e. The summed E-state index contributed by atoms with van der Waals surface area (Å²) in [6.07, 6.45) is 1.48. The monoisotopic (exact) mass is 439 g/mol. The van der Waals surface area contributed by atoms with Crippen molar-refractivity contribution in [2.24, 2.45) is 0 Å². The van der Waals surface area contributed by atoms with Crippen LogP contribution in [0.2, 0.25) is 0 Å². The number of nitrogens with zero attached hydrogens (tertiary/aromatic N) is 2. The highest BCUT2D eigenvalue weighted by molar-refractivity contribution is 6.06. The number of methoxy groups -OCH3 is 1. The van der Waals surface area contributed by atoms with Gasteiger partial charge in [0.25, 0.3) is 11.8 Å². The van der Waals surface area contributed by atoms with E-state index in [2.05, 4.69) is 15.5 Å². The molecule has 0 aliphatic carbocycles. The Labute approximate surface area is 181 Å². The van der Waals surface area contributed by atoms with Gasteiger partial charge in [0.15, 0.2) is 5.76 Å². The van der Waals surface area contributed by atoms with Crippen molar-refractivity contribution in [1.82, 2.24) is 10.2 Å². The first-order valence-corrected chi connectivity index (χ1v) is 9.49. The Balaban J connectivity index is 1.59. The van der Waals surface area contributed by atoms with E-state index in [0.29, 0.717) is 17.1 Å². The molecular formula is C22H18FN3O6. The minimum Gasteiger partial charge on any atom is -0.496 e. The standard InChI is InChI=1S/C22H18FN3O6/c1-29-18-7-5-14(30-10-8-27)12-15(18)20(28)24-17-11-13(4-6-16(17)23)21-25-26-22(32-21)19-3-2-9-31-19/h2-7,9,11-12,27H,8,10H2,1H3,(H,24,28). The van der Waals surface area contributed by atoms with Crippen LogP contribution in [-0.2, 0) is 0 Å². The fraction of sp³-hybridized carbons (Fsp3) is 0.136. The molecule has 0 bridgehead atoms. The molecule has 2 aromatic carbocycles. The summed E-state index contributed by atoms with van der Waals surface area (Å²) in [6, 6.07) is 11.9. The molecule has 164 valence electrons. The van der Waals surface area contributed by atoms with Gasteiger partial charge in [0, 0.05) is 5.56 Å². The van der Waals surface area contributed by atoms with E-state index in [1.165, 1.54) is 37.6 Å². The number of amides is 1. The van der Waals surface area contributed by atoms with Crippen LogP contribution in [0.4, 0.5) is 10.1 Å². The van der Waals surface area contributed by atoms with Crippen LogP contribution in [-0.4, -0.2) is 41.5 Å². The first kappa shape index (κ1) is 21.1. The lowest BCUT2D eigenvalue weighted by Crippen LogP contribution is -2.15. The summed E-state index contributed by atoms with van der Waals surface area (Å²) in [7, 11) is 1.41. The zero-order chi connectivity index (χ0) is 22.5. The van der Waals surface area contributed by atoms with Crippen LogP contribution in [0.25, 0.3) is 23.1 Å². The molecule has 0 saturated heterocycles. The number of halogens is 1.